The Labute approximate surface area is 110 Å². The number of hydrogen-bond acceptors (Lipinski definition) is 4. The average molecular weight is 250 g/mol. The molecule has 0 unspecified atom stereocenters. The van der Waals surface area contributed by atoms with Crippen LogP contribution in [-0.4, -0.2) is 12.2 Å². The number of benzene rings is 1. The van der Waals surface area contributed by atoms with E-state index in [0.29, 0.717) is 17.8 Å². The topological polar surface area (TPSA) is 58.9 Å². The molecule has 2 rings (SSSR count). The van der Waals surface area contributed by atoms with Gasteiger partial charge in [-0.1, -0.05) is 24.8 Å². The fourth-order valence-corrected chi connectivity index (χ4v) is 1.87. The summed E-state index contributed by atoms with van der Waals surface area (Å²) in [6, 6.07) is 7.18. The molecule has 1 aromatic rings. The Morgan fingerprint density at radius 3 is 2.26 bits per heavy atom. The Balaban J connectivity index is 2.33. The van der Waals surface area contributed by atoms with E-state index in [1.807, 2.05) is 18.2 Å². The number of rotatable bonds is 3. The van der Waals surface area contributed by atoms with Gasteiger partial charge >= 0.3 is 0 Å². The zero-order valence-electron chi connectivity index (χ0n) is 10.1. The van der Waals surface area contributed by atoms with Crippen LogP contribution in [0.25, 0.3) is 5.57 Å². The van der Waals surface area contributed by atoms with Crippen LogP contribution in [0.5, 0.6) is 0 Å². The summed E-state index contributed by atoms with van der Waals surface area (Å²) in [5.41, 5.74) is 4.03. The molecule has 0 bridgehead atoms. The minimum absolute atomic E-state index is 0.523. The van der Waals surface area contributed by atoms with Crippen LogP contribution in [-0.2, 0) is 9.59 Å². The van der Waals surface area contributed by atoms with E-state index in [2.05, 4.69) is 16.6 Å². The van der Waals surface area contributed by atoms with Crippen LogP contribution in [0.3, 0.4) is 0 Å². The molecule has 0 fully saturated rings. The van der Waals surface area contributed by atoms with Gasteiger partial charge in [0.15, 0.2) is 0 Å². The summed E-state index contributed by atoms with van der Waals surface area (Å²) in [7, 11) is 0. The fourth-order valence-electron chi connectivity index (χ4n) is 1.87. The lowest BCUT2D eigenvalue weighted by Crippen LogP contribution is -1.95. The first-order valence-electron chi connectivity index (χ1n) is 5.60. The minimum atomic E-state index is 0.523. The molecule has 0 saturated carbocycles. The second-order valence-electron chi connectivity index (χ2n) is 3.97. The number of isocyanates is 2. The Morgan fingerprint density at radius 1 is 1.00 bits per heavy atom. The highest BCUT2D eigenvalue weighted by Gasteiger charge is 2.11. The summed E-state index contributed by atoms with van der Waals surface area (Å²) in [4.78, 5) is 27.5. The normalized spacial score (nSPS) is 13.8. The Bertz CT molecular complexity index is 669. The van der Waals surface area contributed by atoms with Gasteiger partial charge in [0, 0.05) is 6.42 Å². The molecule has 0 amide bonds. The van der Waals surface area contributed by atoms with Crippen molar-refractivity contribution in [1.29, 1.82) is 0 Å². The van der Waals surface area contributed by atoms with Crippen molar-refractivity contribution in [2.24, 2.45) is 9.98 Å². The van der Waals surface area contributed by atoms with Gasteiger partial charge in [0.1, 0.15) is 0 Å². The van der Waals surface area contributed by atoms with E-state index in [1.165, 1.54) is 12.2 Å². The summed E-state index contributed by atoms with van der Waals surface area (Å²) in [5.74, 6) is 0. The third kappa shape index (κ3) is 2.90. The standard InChI is InChI=1S/C15H10N2O2/c1-11-8-14(17-10-19)6-7-15(11)12-2-4-13(5-3-12)16-9-18/h2-7H,1,8H2. The van der Waals surface area contributed by atoms with Crippen molar-refractivity contribution in [1.82, 2.24) is 0 Å². The zero-order valence-corrected chi connectivity index (χ0v) is 10.1. The highest BCUT2D eigenvalue weighted by molar-refractivity contribution is 5.82. The summed E-state index contributed by atoms with van der Waals surface area (Å²) < 4.78 is 0. The molecule has 0 aliphatic heterocycles. The number of carbonyl (C=O) groups excluding carboxylic acids is 2. The number of nitrogens with zero attached hydrogens (tertiary/aromatic N) is 2. The van der Waals surface area contributed by atoms with Gasteiger partial charge in [0.05, 0.1) is 11.4 Å². The average Bonchev–Trinajstić information content (AvgIpc) is 2.41. The van der Waals surface area contributed by atoms with Gasteiger partial charge in [-0.2, -0.15) is 9.98 Å². The molecule has 1 aromatic carbocycles. The van der Waals surface area contributed by atoms with Gasteiger partial charge in [0.25, 0.3) is 0 Å². The fraction of sp³-hybridized carbons (Fsp3) is 0.0667. The third-order valence-corrected chi connectivity index (χ3v) is 2.76. The third-order valence-electron chi connectivity index (χ3n) is 2.76. The predicted octanol–water partition coefficient (Wildman–Crippen LogP) is 3.22. The van der Waals surface area contributed by atoms with E-state index in [9.17, 15) is 9.59 Å². The van der Waals surface area contributed by atoms with Crippen LogP contribution in [0.2, 0.25) is 0 Å². The van der Waals surface area contributed by atoms with E-state index in [1.54, 1.807) is 18.2 Å². The number of hydrogen-bond donors (Lipinski definition) is 0. The highest BCUT2D eigenvalue weighted by atomic mass is 16.1. The van der Waals surface area contributed by atoms with Crippen LogP contribution < -0.4 is 0 Å². The first kappa shape index (κ1) is 12.7. The molecule has 0 N–H and O–H groups in total. The molecule has 4 heteroatoms. The molecule has 19 heavy (non-hydrogen) atoms. The lowest BCUT2D eigenvalue weighted by atomic mass is 9.92. The first-order chi connectivity index (χ1) is 9.24. The molecule has 0 atom stereocenters. The number of aliphatic imine (C=N–C) groups is 2. The van der Waals surface area contributed by atoms with E-state index in [4.69, 9.17) is 0 Å². The van der Waals surface area contributed by atoms with Gasteiger partial charge in [-0.05, 0) is 34.9 Å². The maximum Gasteiger partial charge on any atom is 0.240 e. The quantitative estimate of drug-likeness (QED) is 0.610. The second kappa shape index (κ2) is 5.69. The summed E-state index contributed by atoms with van der Waals surface area (Å²) in [5, 5.41) is 0. The molecule has 0 heterocycles. The van der Waals surface area contributed by atoms with E-state index >= 15 is 0 Å². The van der Waals surface area contributed by atoms with E-state index in [-0.39, 0.29) is 0 Å². The Hall–Kier alpha value is -2.80. The first-order valence-corrected chi connectivity index (χ1v) is 5.60. The molecule has 0 saturated heterocycles. The summed E-state index contributed by atoms with van der Waals surface area (Å²) >= 11 is 0. The molecular formula is C15H10N2O2. The van der Waals surface area contributed by atoms with Crippen LogP contribution in [0, 0.1) is 0 Å². The van der Waals surface area contributed by atoms with Gasteiger partial charge in [-0.15, -0.1) is 0 Å². The molecular weight excluding hydrogens is 240 g/mol. The summed E-state index contributed by atoms with van der Waals surface area (Å²) in [6.07, 6.45) is 7.17. The van der Waals surface area contributed by atoms with Crippen molar-refractivity contribution in [3.63, 3.8) is 0 Å². The van der Waals surface area contributed by atoms with E-state index < -0.39 is 0 Å². The lowest BCUT2D eigenvalue weighted by molar-refractivity contribution is 0.564. The Kier molecular flexibility index (Phi) is 3.79. The maximum absolute atomic E-state index is 10.2. The van der Waals surface area contributed by atoms with Crippen molar-refractivity contribution in [2.45, 2.75) is 6.42 Å². The van der Waals surface area contributed by atoms with Crippen LogP contribution in [0.1, 0.15) is 12.0 Å². The van der Waals surface area contributed by atoms with Crippen LogP contribution in [0.15, 0.2) is 64.3 Å². The smallest absolute Gasteiger partial charge is 0.211 e. The van der Waals surface area contributed by atoms with Crippen molar-refractivity contribution in [3.05, 3.63) is 59.8 Å². The molecule has 0 aromatic heterocycles. The summed E-state index contributed by atoms with van der Waals surface area (Å²) in [6.45, 7) is 3.98. The van der Waals surface area contributed by atoms with Gasteiger partial charge < -0.3 is 0 Å². The van der Waals surface area contributed by atoms with Crippen molar-refractivity contribution >= 4 is 23.4 Å². The zero-order chi connectivity index (χ0) is 13.7. The van der Waals surface area contributed by atoms with Crippen molar-refractivity contribution in [3.8, 4) is 0 Å². The van der Waals surface area contributed by atoms with E-state index in [0.717, 1.165) is 16.7 Å². The second-order valence-corrected chi connectivity index (χ2v) is 3.97. The SMILES string of the molecule is C=C1CC(N=C=O)=CC=C1c1ccc(N=C=O)cc1. The Morgan fingerprint density at radius 2 is 1.68 bits per heavy atom. The largest absolute Gasteiger partial charge is 0.240 e. The highest BCUT2D eigenvalue weighted by Crippen LogP contribution is 2.31. The van der Waals surface area contributed by atoms with Gasteiger partial charge in [0.2, 0.25) is 12.2 Å². The van der Waals surface area contributed by atoms with Gasteiger partial charge in [-0.25, -0.2) is 9.59 Å². The maximum atomic E-state index is 10.2. The predicted molar refractivity (Wildman–Crippen MR) is 72.2 cm³/mol. The molecule has 1 aliphatic rings. The monoisotopic (exact) mass is 250 g/mol. The molecule has 0 spiro atoms. The molecule has 92 valence electrons. The lowest BCUT2D eigenvalue weighted by Gasteiger charge is -2.14. The van der Waals surface area contributed by atoms with Crippen LogP contribution in [0.4, 0.5) is 5.69 Å². The van der Waals surface area contributed by atoms with Crippen molar-refractivity contribution < 1.29 is 9.59 Å². The molecule has 1 aliphatic carbocycles. The minimum Gasteiger partial charge on any atom is -0.211 e. The molecule has 0 radical (unpaired) electrons. The molecule has 4 nitrogen and oxygen atoms in total. The number of allylic oxidation sites excluding steroid dienone is 4. The van der Waals surface area contributed by atoms with Gasteiger partial charge in [-0.3, -0.25) is 0 Å². The van der Waals surface area contributed by atoms with Crippen LogP contribution >= 0.6 is 0 Å². The van der Waals surface area contributed by atoms with Crippen molar-refractivity contribution in [2.75, 3.05) is 0 Å².